The Morgan fingerprint density at radius 3 is 2.55 bits per heavy atom. The molecule has 0 aliphatic rings. The Hall–Kier alpha value is -2.14. The number of hydrogen-bond donors (Lipinski definition) is 2. The van der Waals surface area contributed by atoms with Gasteiger partial charge in [0.15, 0.2) is 0 Å². The number of carbonyl (C=O) groups excluding carboxylic acids is 2. The van der Waals surface area contributed by atoms with E-state index in [4.69, 9.17) is 5.73 Å². The third-order valence-corrected chi connectivity index (χ3v) is 2.86. The van der Waals surface area contributed by atoms with E-state index in [9.17, 15) is 9.59 Å². The summed E-state index contributed by atoms with van der Waals surface area (Å²) in [7, 11) is 0. The average Bonchev–Trinajstić information content (AvgIpc) is 2.42. The number of hydrogen-bond acceptors (Lipinski definition) is 3. The predicted octanol–water partition coefficient (Wildman–Crippen LogP) is 1.30. The molecule has 108 valence electrons. The molecule has 0 aliphatic heterocycles. The van der Waals surface area contributed by atoms with Gasteiger partial charge in [0.05, 0.1) is 0 Å². The molecule has 1 rings (SSSR count). The average molecular weight is 275 g/mol. The van der Waals surface area contributed by atoms with E-state index in [1.165, 1.54) is 5.56 Å². The van der Waals surface area contributed by atoms with Gasteiger partial charge in [-0.2, -0.15) is 0 Å². The number of imide groups is 1. The van der Waals surface area contributed by atoms with Crippen molar-refractivity contribution in [3.8, 4) is 0 Å². The second kappa shape index (κ2) is 8.87. The van der Waals surface area contributed by atoms with Gasteiger partial charge in [-0.05, 0) is 12.0 Å². The fourth-order valence-corrected chi connectivity index (χ4v) is 1.87. The molecule has 0 heterocycles. The molecule has 0 radical (unpaired) electrons. The zero-order chi connectivity index (χ0) is 14.8. The summed E-state index contributed by atoms with van der Waals surface area (Å²) in [6.07, 6.45) is 2.95. The predicted molar refractivity (Wildman–Crippen MR) is 79.1 cm³/mol. The van der Waals surface area contributed by atoms with Gasteiger partial charge < -0.3 is 5.73 Å². The summed E-state index contributed by atoms with van der Waals surface area (Å²) in [5.74, 6) is -0.355. The molecule has 0 fully saturated rings. The molecule has 0 spiro atoms. The zero-order valence-electron chi connectivity index (χ0n) is 11.5. The number of rotatable bonds is 8. The van der Waals surface area contributed by atoms with Crippen LogP contribution in [-0.4, -0.2) is 36.5 Å². The van der Waals surface area contributed by atoms with Crippen molar-refractivity contribution in [3.63, 3.8) is 0 Å². The molecule has 1 aromatic rings. The summed E-state index contributed by atoms with van der Waals surface area (Å²) in [4.78, 5) is 24.0. The third kappa shape index (κ3) is 6.70. The van der Waals surface area contributed by atoms with E-state index in [1.807, 2.05) is 18.2 Å². The van der Waals surface area contributed by atoms with Crippen LogP contribution in [0.1, 0.15) is 12.0 Å². The molecule has 0 unspecified atom stereocenters. The molecule has 0 aliphatic carbocycles. The molecule has 5 heteroatoms. The van der Waals surface area contributed by atoms with E-state index in [2.05, 4.69) is 28.9 Å². The molecule has 0 bridgehead atoms. The van der Waals surface area contributed by atoms with Gasteiger partial charge in [-0.25, -0.2) is 4.79 Å². The Balaban J connectivity index is 2.38. The maximum absolute atomic E-state index is 11.4. The van der Waals surface area contributed by atoms with E-state index < -0.39 is 6.03 Å². The lowest BCUT2D eigenvalue weighted by Crippen LogP contribution is -2.37. The van der Waals surface area contributed by atoms with Gasteiger partial charge in [0.25, 0.3) is 0 Å². The number of carbonyl (C=O) groups is 2. The van der Waals surface area contributed by atoms with E-state index in [0.29, 0.717) is 13.1 Å². The quantitative estimate of drug-likeness (QED) is 0.702. The second-order valence-electron chi connectivity index (χ2n) is 4.49. The maximum atomic E-state index is 11.4. The lowest BCUT2D eigenvalue weighted by molar-refractivity contribution is -0.120. The van der Waals surface area contributed by atoms with Crippen LogP contribution in [0.5, 0.6) is 0 Å². The number of amides is 3. The second-order valence-corrected chi connectivity index (χ2v) is 4.49. The van der Waals surface area contributed by atoms with Gasteiger partial charge in [-0.1, -0.05) is 36.4 Å². The van der Waals surface area contributed by atoms with Crippen LogP contribution in [0.3, 0.4) is 0 Å². The molecule has 3 N–H and O–H groups in total. The van der Waals surface area contributed by atoms with Gasteiger partial charge in [-0.3, -0.25) is 15.0 Å². The largest absolute Gasteiger partial charge is 0.351 e. The van der Waals surface area contributed by atoms with Crippen LogP contribution >= 0.6 is 0 Å². The van der Waals surface area contributed by atoms with Crippen molar-refractivity contribution in [3.05, 3.63) is 48.6 Å². The van der Waals surface area contributed by atoms with Crippen molar-refractivity contribution < 1.29 is 9.59 Å². The molecule has 1 aromatic carbocycles. The van der Waals surface area contributed by atoms with Crippen LogP contribution in [0.2, 0.25) is 0 Å². The SMILES string of the molecule is C=CCN(CCC(=O)NC(N)=O)CCc1ccccc1. The Kier molecular flexibility index (Phi) is 7.06. The monoisotopic (exact) mass is 275 g/mol. The summed E-state index contributed by atoms with van der Waals surface area (Å²) in [5, 5.41) is 2.06. The Morgan fingerprint density at radius 2 is 1.95 bits per heavy atom. The number of nitrogens with one attached hydrogen (secondary N) is 1. The first-order chi connectivity index (χ1) is 9.61. The topological polar surface area (TPSA) is 75.4 Å². The Morgan fingerprint density at radius 1 is 1.25 bits per heavy atom. The Bertz CT molecular complexity index is 446. The molecule has 0 saturated heterocycles. The number of nitrogens with zero attached hydrogens (tertiary/aromatic N) is 1. The van der Waals surface area contributed by atoms with E-state index in [0.717, 1.165) is 13.0 Å². The van der Waals surface area contributed by atoms with Crippen LogP contribution < -0.4 is 11.1 Å². The molecule has 20 heavy (non-hydrogen) atoms. The normalized spacial score (nSPS) is 10.2. The first-order valence-electron chi connectivity index (χ1n) is 6.58. The molecule has 0 aromatic heterocycles. The van der Waals surface area contributed by atoms with E-state index in [-0.39, 0.29) is 12.3 Å². The van der Waals surface area contributed by atoms with Crippen LogP contribution in [0, 0.1) is 0 Å². The van der Waals surface area contributed by atoms with Crippen LogP contribution in [-0.2, 0) is 11.2 Å². The molecular weight excluding hydrogens is 254 g/mol. The van der Waals surface area contributed by atoms with Crippen molar-refractivity contribution in [2.24, 2.45) is 5.73 Å². The minimum Gasteiger partial charge on any atom is -0.351 e. The smallest absolute Gasteiger partial charge is 0.318 e. The van der Waals surface area contributed by atoms with Crippen molar-refractivity contribution >= 4 is 11.9 Å². The molecule has 0 atom stereocenters. The van der Waals surface area contributed by atoms with Crippen LogP contribution in [0.4, 0.5) is 4.79 Å². The minimum atomic E-state index is -0.811. The summed E-state index contributed by atoms with van der Waals surface area (Å²) in [6.45, 7) is 5.82. The standard InChI is InChI=1S/C15H21N3O2/c1-2-10-18(12-9-14(19)17-15(16)20)11-8-13-6-4-3-5-7-13/h2-7H,1,8-12H2,(H3,16,17,19,20). The van der Waals surface area contributed by atoms with Crippen molar-refractivity contribution in [1.29, 1.82) is 0 Å². The molecule has 0 saturated carbocycles. The highest BCUT2D eigenvalue weighted by molar-refractivity contribution is 5.93. The summed E-state index contributed by atoms with van der Waals surface area (Å²) >= 11 is 0. The summed E-state index contributed by atoms with van der Waals surface area (Å²) < 4.78 is 0. The lowest BCUT2D eigenvalue weighted by atomic mass is 10.1. The molecular formula is C15H21N3O2. The van der Waals surface area contributed by atoms with Gasteiger partial charge in [0, 0.05) is 26.1 Å². The maximum Gasteiger partial charge on any atom is 0.318 e. The Labute approximate surface area is 119 Å². The van der Waals surface area contributed by atoms with Gasteiger partial charge in [0.2, 0.25) is 5.91 Å². The first kappa shape index (κ1) is 15.9. The van der Waals surface area contributed by atoms with Crippen molar-refractivity contribution in [1.82, 2.24) is 10.2 Å². The fraction of sp³-hybridized carbons (Fsp3) is 0.333. The fourth-order valence-electron chi connectivity index (χ4n) is 1.87. The van der Waals surface area contributed by atoms with Crippen LogP contribution in [0.25, 0.3) is 0 Å². The number of nitrogens with two attached hydrogens (primary N) is 1. The summed E-state index contributed by atoms with van der Waals surface area (Å²) in [5.41, 5.74) is 6.15. The van der Waals surface area contributed by atoms with E-state index >= 15 is 0 Å². The van der Waals surface area contributed by atoms with Gasteiger partial charge >= 0.3 is 6.03 Å². The summed E-state index contributed by atoms with van der Waals surface area (Å²) in [6, 6.07) is 9.34. The van der Waals surface area contributed by atoms with Crippen molar-refractivity contribution in [2.75, 3.05) is 19.6 Å². The van der Waals surface area contributed by atoms with Gasteiger partial charge in [0.1, 0.15) is 0 Å². The first-order valence-corrected chi connectivity index (χ1v) is 6.58. The third-order valence-electron chi connectivity index (χ3n) is 2.86. The number of urea groups is 1. The highest BCUT2D eigenvalue weighted by atomic mass is 16.2. The highest BCUT2D eigenvalue weighted by Crippen LogP contribution is 2.02. The number of primary amides is 1. The highest BCUT2D eigenvalue weighted by Gasteiger charge is 2.08. The van der Waals surface area contributed by atoms with E-state index in [1.54, 1.807) is 6.08 Å². The molecule has 3 amide bonds. The minimum absolute atomic E-state index is 0.242. The van der Waals surface area contributed by atoms with Gasteiger partial charge in [-0.15, -0.1) is 6.58 Å². The van der Waals surface area contributed by atoms with Crippen LogP contribution in [0.15, 0.2) is 43.0 Å². The zero-order valence-corrected chi connectivity index (χ0v) is 11.5. The molecule has 5 nitrogen and oxygen atoms in total. The lowest BCUT2D eigenvalue weighted by Gasteiger charge is -2.20. The number of benzene rings is 1. The van der Waals surface area contributed by atoms with Crippen molar-refractivity contribution in [2.45, 2.75) is 12.8 Å².